The number of halogens is 1. The number of benzene rings is 1. The van der Waals surface area contributed by atoms with Crippen LogP contribution in [0, 0.1) is 5.92 Å². The average Bonchev–Trinajstić information content (AvgIpc) is 2.43. The van der Waals surface area contributed by atoms with Crippen LogP contribution in [0.2, 0.25) is 0 Å². The molecule has 0 aromatic heterocycles. The summed E-state index contributed by atoms with van der Waals surface area (Å²) in [5, 5.41) is 6.55. The van der Waals surface area contributed by atoms with Gasteiger partial charge in [0, 0.05) is 16.6 Å². The first kappa shape index (κ1) is 15.3. The van der Waals surface area contributed by atoms with Crippen LogP contribution in [0.5, 0.6) is 5.75 Å². The summed E-state index contributed by atoms with van der Waals surface area (Å²) in [6, 6.07) is 5.85. The highest BCUT2D eigenvalue weighted by Crippen LogP contribution is 2.23. The number of carbonyl (C=O) groups is 1. The van der Waals surface area contributed by atoms with E-state index in [4.69, 9.17) is 4.74 Å². The van der Waals surface area contributed by atoms with Crippen LogP contribution < -0.4 is 15.4 Å². The van der Waals surface area contributed by atoms with Crippen LogP contribution in [-0.4, -0.2) is 31.6 Å². The third-order valence-electron chi connectivity index (χ3n) is 3.93. The van der Waals surface area contributed by atoms with Crippen molar-refractivity contribution in [2.24, 2.45) is 5.92 Å². The van der Waals surface area contributed by atoms with Gasteiger partial charge in [-0.2, -0.15) is 0 Å². The van der Waals surface area contributed by atoms with E-state index in [9.17, 15) is 4.79 Å². The maximum atomic E-state index is 12.5. The van der Waals surface area contributed by atoms with Gasteiger partial charge in [-0.15, -0.1) is 0 Å². The summed E-state index contributed by atoms with van der Waals surface area (Å²) >= 11 is 3.42. The van der Waals surface area contributed by atoms with Crippen LogP contribution in [0.15, 0.2) is 22.7 Å². The number of rotatable bonds is 3. The maximum absolute atomic E-state index is 12.5. The Morgan fingerprint density at radius 2 is 2.20 bits per heavy atom. The molecule has 5 heteroatoms. The van der Waals surface area contributed by atoms with Crippen molar-refractivity contribution in [3.05, 3.63) is 28.2 Å². The quantitative estimate of drug-likeness (QED) is 0.889. The van der Waals surface area contributed by atoms with Gasteiger partial charge >= 0.3 is 0 Å². The van der Waals surface area contributed by atoms with E-state index in [1.165, 1.54) is 0 Å². The Morgan fingerprint density at radius 1 is 1.45 bits per heavy atom. The van der Waals surface area contributed by atoms with Crippen LogP contribution in [0.1, 0.15) is 30.6 Å². The van der Waals surface area contributed by atoms with E-state index >= 15 is 0 Å². The first-order chi connectivity index (χ1) is 9.52. The molecule has 3 atom stereocenters. The van der Waals surface area contributed by atoms with Gasteiger partial charge in [0.2, 0.25) is 0 Å². The van der Waals surface area contributed by atoms with Crippen LogP contribution >= 0.6 is 15.9 Å². The Balaban J connectivity index is 2.15. The molecule has 0 bridgehead atoms. The minimum absolute atomic E-state index is 0.0665. The molecule has 3 unspecified atom stereocenters. The van der Waals surface area contributed by atoms with Crippen molar-refractivity contribution in [1.82, 2.24) is 10.6 Å². The number of nitrogens with one attached hydrogen (secondary N) is 2. The van der Waals surface area contributed by atoms with Crippen molar-refractivity contribution in [1.29, 1.82) is 0 Å². The smallest absolute Gasteiger partial charge is 0.252 e. The van der Waals surface area contributed by atoms with E-state index in [-0.39, 0.29) is 18.0 Å². The molecule has 0 saturated carbocycles. The summed E-state index contributed by atoms with van der Waals surface area (Å²) in [5.74, 6) is 1.09. The summed E-state index contributed by atoms with van der Waals surface area (Å²) in [7, 11) is 1.60. The van der Waals surface area contributed by atoms with E-state index in [0.717, 1.165) is 17.4 Å². The van der Waals surface area contributed by atoms with Gasteiger partial charge in [0.05, 0.1) is 12.7 Å². The molecular formula is C15H21BrN2O2. The predicted octanol–water partition coefficient (Wildman–Crippen LogP) is 2.57. The summed E-state index contributed by atoms with van der Waals surface area (Å²) in [6.07, 6.45) is 1.08. The van der Waals surface area contributed by atoms with Crippen LogP contribution in [0.3, 0.4) is 0 Å². The standard InChI is InChI=1S/C15H21BrN2O2/c1-9-6-7-17-10(2)14(9)18-15(19)12-8-11(20-3)4-5-13(12)16/h4-5,8-10,14,17H,6-7H2,1-3H3,(H,18,19). The number of piperidine rings is 1. The Hall–Kier alpha value is -1.07. The lowest BCUT2D eigenvalue weighted by Crippen LogP contribution is -2.55. The predicted molar refractivity (Wildman–Crippen MR) is 83.2 cm³/mol. The molecule has 0 spiro atoms. The molecule has 1 aliphatic heterocycles. The van der Waals surface area contributed by atoms with Crippen LogP contribution in [0.4, 0.5) is 0 Å². The zero-order valence-corrected chi connectivity index (χ0v) is 13.7. The van der Waals surface area contributed by atoms with Crippen molar-refractivity contribution in [3.63, 3.8) is 0 Å². The monoisotopic (exact) mass is 340 g/mol. The first-order valence-electron chi connectivity index (χ1n) is 6.90. The fourth-order valence-corrected chi connectivity index (χ4v) is 3.07. The zero-order chi connectivity index (χ0) is 14.7. The van der Waals surface area contributed by atoms with Gasteiger partial charge in [0.25, 0.3) is 5.91 Å². The molecule has 1 aromatic rings. The van der Waals surface area contributed by atoms with Gasteiger partial charge in [-0.25, -0.2) is 0 Å². The summed E-state index contributed by atoms with van der Waals surface area (Å²) in [6.45, 7) is 5.31. The number of carbonyl (C=O) groups excluding carboxylic acids is 1. The molecule has 20 heavy (non-hydrogen) atoms. The normalized spacial score (nSPS) is 26.1. The van der Waals surface area contributed by atoms with Crippen LogP contribution in [0.25, 0.3) is 0 Å². The Kier molecular flexibility index (Phi) is 5.05. The second-order valence-electron chi connectivity index (χ2n) is 5.35. The first-order valence-corrected chi connectivity index (χ1v) is 7.70. The van der Waals surface area contributed by atoms with E-state index in [2.05, 4.69) is 40.4 Å². The van der Waals surface area contributed by atoms with Crippen LogP contribution in [-0.2, 0) is 0 Å². The minimum atomic E-state index is -0.0665. The van der Waals surface area contributed by atoms with Gasteiger partial charge < -0.3 is 15.4 Å². The molecule has 1 aliphatic rings. The highest BCUT2D eigenvalue weighted by Gasteiger charge is 2.29. The lowest BCUT2D eigenvalue weighted by Gasteiger charge is -2.36. The highest BCUT2D eigenvalue weighted by atomic mass is 79.9. The molecule has 2 rings (SSSR count). The largest absolute Gasteiger partial charge is 0.497 e. The molecule has 1 heterocycles. The minimum Gasteiger partial charge on any atom is -0.497 e. The number of ether oxygens (including phenoxy) is 1. The van der Waals surface area contributed by atoms with E-state index in [1.54, 1.807) is 13.2 Å². The van der Waals surface area contributed by atoms with Gasteiger partial charge in [-0.05, 0) is 59.9 Å². The summed E-state index contributed by atoms with van der Waals surface area (Å²) in [5.41, 5.74) is 0.606. The van der Waals surface area contributed by atoms with Crippen molar-refractivity contribution < 1.29 is 9.53 Å². The third-order valence-corrected chi connectivity index (χ3v) is 4.63. The Bertz CT molecular complexity index is 483. The summed E-state index contributed by atoms with van der Waals surface area (Å²) in [4.78, 5) is 12.5. The molecule has 4 nitrogen and oxygen atoms in total. The van der Waals surface area contributed by atoms with Gasteiger partial charge in [-0.1, -0.05) is 6.92 Å². The fourth-order valence-electron chi connectivity index (χ4n) is 2.64. The number of amides is 1. The molecule has 1 fully saturated rings. The van der Waals surface area contributed by atoms with Crippen molar-refractivity contribution in [3.8, 4) is 5.75 Å². The number of hydrogen-bond donors (Lipinski definition) is 2. The van der Waals surface area contributed by atoms with Crippen molar-refractivity contribution in [2.45, 2.75) is 32.4 Å². The molecule has 0 radical (unpaired) electrons. The Labute approximate surface area is 128 Å². The van der Waals surface area contributed by atoms with E-state index in [1.807, 2.05) is 12.1 Å². The molecule has 110 valence electrons. The maximum Gasteiger partial charge on any atom is 0.252 e. The summed E-state index contributed by atoms with van der Waals surface area (Å²) < 4.78 is 5.96. The van der Waals surface area contributed by atoms with Crippen molar-refractivity contribution >= 4 is 21.8 Å². The molecule has 2 N–H and O–H groups in total. The average molecular weight is 341 g/mol. The molecule has 0 aliphatic carbocycles. The topological polar surface area (TPSA) is 50.4 Å². The fraction of sp³-hybridized carbons (Fsp3) is 0.533. The Morgan fingerprint density at radius 3 is 2.85 bits per heavy atom. The van der Waals surface area contributed by atoms with Gasteiger partial charge in [-0.3, -0.25) is 4.79 Å². The second kappa shape index (κ2) is 6.59. The molecule has 1 aromatic carbocycles. The number of hydrogen-bond acceptors (Lipinski definition) is 3. The second-order valence-corrected chi connectivity index (χ2v) is 6.21. The van der Waals surface area contributed by atoms with Crippen molar-refractivity contribution in [2.75, 3.05) is 13.7 Å². The van der Waals surface area contributed by atoms with E-state index < -0.39 is 0 Å². The molecular weight excluding hydrogens is 320 g/mol. The number of methoxy groups -OCH3 is 1. The van der Waals surface area contributed by atoms with Gasteiger partial charge in [0.15, 0.2) is 0 Å². The van der Waals surface area contributed by atoms with Gasteiger partial charge in [0.1, 0.15) is 5.75 Å². The third kappa shape index (κ3) is 3.33. The van der Waals surface area contributed by atoms with E-state index in [0.29, 0.717) is 17.2 Å². The lowest BCUT2D eigenvalue weighted by atomic mass is 9.89. The SMILES string of the molecule is COc1ccc(Br)c(C(=O)NC2C(C)CCNC2C)c1. The molecule has 1 saturated heterocycles. The molecule has 1 amide bonds. The zero-order valence-electron chi connectivity index (χ0n) is 12.1. The highest BCUT2D eigenvalue weighted by molar-refractivity contribution is 9.10. The lowest BCUT2D eigenvalue weighted by molar-refractivity contribution is 0.0896.